The summed E-state index contributed by atoms with van der Waals surface area (Å²) in [6.07, 6.45) is 2.16. The minimum Gasteiger partial charge on any atom is -0.289 e. The number of carbonyl (C=O) groups is 1. The van der Waals surface area contributed by atoms with Crippen molar-refractivity contribution in [2.24, 2.45) is 0 Å². The minimum atomic E-state index is 0.113. The van der Waals surface area contributed by atoms with Crippen molar-refractivity contribution >= 4 is 27.3 Å². The summed E-state index contributed by atoms with van der Waals surface area (Å²) < 4.78 is 0. The van der Waals surface area contributed by atoms with Crippen molar-refractivity contribution in [3.05, 3.63) is 95.1 Å². The normalized spacial score (nSPS) is 12.8. The Morgan fingerprint density at radius 1 is 0.625 bits per heavy atom. The van der Waals surface area contributed by atoms with Gasteiger partial charge in [0.15, 0.2) is 5.78 Å². The van der Waals surface area contributed by atoms with E-state index in [2.05, 4.69) is 36.4 Å². The Morgan fingerprint density at radius 3 is 2.21 bits per heavy atom. The lowest BCUT2D eigenvalue weighted by atomic mass is 9.92. The Morgan fingerprint density at radius 2 is 1.29 bits per heavy atom. The molecule has 0 N–H and O–H groups in total. The van der Waals surface area contributed by atoms with Crippen molar-refractivity contribution in [1.29, 1.82) is 0 Å². The van der Waals surface area contributed by atoms with Crippen molar-refractivity contribution in [1.82, 2.24) is 0 Å². The van der Waals surface area contributed by atoms with Crippen LogP contribution in [0.5, 0.6) is 0 Å². The summed E-state index contributed by atoms with van der Waals surface area (Å²) in [6, 6.07) is 24.5. The SMILES string of the molecule is O=C(c1cccc2ccccc12)c1ccc2c3c(cccc13)CC2. The molecule has 0 bridgehead atoms. The van der Waals surface area contributed by atoms with E-state index < -0.39 is 0 Å². The topological polar surface area (TPSA) is 17.1 Å². The monoisotopic (exact) mass is 308 g/mol. The maximum absolute atomic E-state index is 13.3. The van der Waals surface area contributed by atoms with E-state index in [4.69, 9.17) is 0 Å². The van der Waals surface area contributed by atoms with Gasteiger partial charge >= 0.3 is 0 Å². The quantitative estimate of drug-likeness (QED) is 0.458. The standard InChI is InChI=1S/C23H16O/c24-23(20-10-3-6-15-5-1-2-8-18(15)20)21-14-13-17-12-11-16-7-4-9-19(21)22(16)17/h1-10,13-14H,11-12H2. The third-order valence-electron chi connectivity index (χ3n) is 5.16. The van der Waals surface area contributed by atoms with Gasteiger partial charge in [0.2, 0.25) is 0 Å². The molecule has 114 valence electrons. The highest BCUT2D eigenvalue weighted by molar-refractivity contribution is 6.22. The van der Waals surface area contributed by atoms with Crippen LogP contribution in [0.25, 0.3) is 21.5 Å². The van der Waals surface area contributed by atoms with Crippen LogP contribution in [0.1, 0.15) is 27.0 Å². The largest absolute Gasteiger partial charge is 0.289 e. The van der Waals surface area contributed by atoms with E-state index in [9.17, 15) is 4.79 Å². The number of hydrogen-bond donors (Lipinski definition) is 0. The van der Waals surface area contributed by atoms with Crippen LogP contribution in [0.4, 0.5) is 0 Å². The second-order valence-electron chi connectivity index (χ2n) is 6.47. The van der Waals surface area contributed by atoms with Gasteiger partial charge < -0.3 is 0 Å². The van der Waals surface area contributed by atoms with Gasteiger partial charge in [0.05, 0.1) is 0 Å². The smallest absolute Gasteiger partial charge is 0.194 e. The molecule has 1 aliphatic carbocycles. The van der Waals surface area contributed by atoms with Gasteiger partial charge in [-0.15, -0.1) is 0 Å². The van der Waals surface area contributed by atoms with Gasteiger partial charge in [-0.3, -0.25) is 4.79 Å². The third-order valence-corrected chi connectivity index (χ3v) is 5.16. The molecule has 24 heavy (non-hydrogen) atoms. The van der Waals surface area contributed by atoms with Crippen LogP contribution in [0.3, 0.4) is 0 Å². The van der Waals surface area contributed by atoms with Gasteiger partial charge in [-0.05, 0) is 45.5 Å². The molecule has 0 heterocycles. The Bertz CT molecular complexity index is 1110. The lowest BCUT2D eigenvalue weighted by molar-refractivity contribution is 0.104. The molecule has 1 heteroatoms. The van der Waals surface area contributed by atoms with Crippen LogP contribution in [-0.2, 0) is 12.8 Å². The number of fused-ring (bicyclic) bond motifs is 1. The number of ketones is 1. The lowest BCUT2D eigenvalue weighted by Crippen LogP contribution is -2.03. The van der Waals surface area contributed by atoms with Crippen LogP contribution in [0.15, 0.2) is 72.8 Å². The highest BCUT2D eigenvalue weighted by Gasteiger charge is 2.20. The molecule has 1 nitrogen and oxygen atoms in total. The molecule has 0 fully saturated rings. The second-order valence-corrected chi connectivity index (χ2v) is 6.47. The van der Waals surface area contributed by atoms with E-state index in [1.54, 1.807) is 0 Å². The summed E-state index contributed by atoms with van der Waals surface area (Å²) in [5.74, 6) is 0.113. The third kappa shape index (κ3) is 1.85. The summed E-state index contributed by atoms with van der Waals surface area (Å²) in [4.78, 5) is 13.3. The molecule has 0 aromatic heterocycles. The van der Waals surface area contributed by atoms with E-state index in [-0.39, 0.29) is 5.78 Å². The first-order valence-corrected chi connectivity index (χ1v) is 8.39. The number of rotatable bonds is 2. The Balaban J connectivity index is 1.78. The summed E-state index contributed by atoms with van der Waals surface area (Å²) in [5.41, 5.74) is 4.34. The molecule has 0 aliphatic heterocycles. The van der Waals surface area contributed by atoms with Crippen LogP contribution >= 0.6 is 0 Å². The van der Waals surface area contributed by atoms with Gasteiger partial charge in [-0.25, -0.2) is 0 Å². The molecule has 0 amide bonds. The Labute approximate surface area is 140 Å². The van der Waals surface area contributed by atoms with Crippen molar-refractivity contribution in [3.63, 3.8) is 0 Å². The minimum absolute atomic E-state index is 0.113. The molecule has 0 spiro atoms. The summed E-state index contributed by atoms with van der Waals surface area (Å²) >= 11 is 0. The molecule has 1 aliphatic rings. The number of hydrogen-bond acceptors (Lipinski definition) is 1. The average Bonchev–Trinajstić information content (AvgIpc) is 3.06. The molecule has 0 saturated carbocycles. The Kier molecular flexibility index (Phi) is 2.83. The zero-order valence-corrected chi connectivity index (χ0v) is 13.3. The fourth-order valence-electron chi connectivity index (χ4n) is 4.01. The van der Waals surface area contributed by atoms with E-state index in [0.29, 0.717) is 0 Å². The average molecular weight is 308 g/mol. The van der Waals surface area contributed by atoms with E-state index in [1.807, 2.05) is 36.4 Å². The first kappa shape index (κ1) is 13.5. The number of carbonyl (C=O) groups excluding carboxylic acids is 1. The molecule has 0 radical (unpaired) electrons. The summed E-state index contributed by atoms with van der Waals surface area (Å²) in [7, 11) is 0. The highest BCUT2D eigenvalue weighted by Crippen LogP contribution is 2.34. The first-order valence-electron chi connectivity index (χ1n) is 8.39. The van der Waals surface area contributed by atoms with Gasteiger partial charge in [0.25, 0.3) is 0 Å². The van der Waals surface area contributed by atoms with E-state index >= 15 is 0 Å². The fraction of sp³-hybridized carbons (Fsp3) is 0.0870. The molecule has 0 atom stereocenters. The van der Waals surface area contributed by atoms with Crippen LogP contribution < -0.4 is 0 Å². The molecule has 4 aromatic rings. The predicted octanol–water partition coefficient (Wildman–Crippen LogP) is 5.32. The highest BCUT2D eigenvalue weighted by atomic mass is 16.1. The summed E-state index contributed by atoms with van der Waals surface area (Å²) in [5, 5.41) is 4.52. The molecular formula is C23H16O. The number of benzene rings is 4. The molecular weight excluding hydrogens is 292 g/mol. The van der Waals surface area contributed by atoms with Crippen molar-refractivity contribution in [2.45, 2.75) is 12.8 Å². The second kappa shape index (κ2) is 5.04. The van der Waals surface area contributed by atoms with Gasteiger partial charge in [-0.1, -0.05) is 72.8 Å². The maximum Gasteiger partial charge on any atom is 0.194 e. The van der Waals surface area contributed by atoms with Gasteiger partial charge in [-0.2, -0.15) is 0 Å². The summed E-state index contributed by atoms with van der Waals surface area (Å²) in [6.45, 7) is 0. The van der Waals surface area contributed by atoms with Crippen LogP contribution in [0, 0.1) is 0 Å². The first-order chi connectivity index (χ1) is 11.8. The molecule has 0 saturated heterocycles. The fourth-order valence-corrected chi connectivity index (χ4v) is 4.01. The van der Waals surface area contributed by atoms with Crippen molar-refractivity contribution in [3.8, 4) is 0 Å². The zero-order chi connectivity index (χ0) is 16.1. The molecule has 4 aromatic carbocycles. The van der Waals surface area contributed by atoms with Crippen LogP contribution in [0.2, 0.25) is 0 Å². The predicted molar refractivity (Wildman–Crippen MR) is 98.7 cm³/mol. The van der Waals surface area contributed by atoms with Crippen molar-refractivity contribution < 1.29 is 4.79 Å². The Hall–Kier alpha value is -2.93. The van der Waals surface area contributed by atoms with E-state index in [1.165, 1.54) is 16.5 Å². The van der Waals surface area contributed by atoms with Gasteiger partial charge in [0, 0.05) is 11.1 Å². The molecule has 5 rings (SSSR count). The molecule has 0 unspecified atom stereocenters. The number of aryl methyl sites for hydroxylation is 2. The van der Waals surface area contributed by atoms with Crippen LogP contribution in [-0.4, -0.2) is 5.78 Å². The van der Waals surface area contributed by atoms with Crippen molar-refractivity contribution in [2.75, 3.05) is 0 Å². The lowest BCUT2D eigenvalue weighted by Gasteiger charge is -2.10. The van der Waals surface area contributed by atoms with E-state index in [0.717, 1.165) is 40.1 Å². The van der Waals surface area contributed by atoms with Gasteiger partial charge in [0.1, 0.15) is 0 Å². The maximum atomic E-state index is 13.3. The zero-order valence-electron chi connectivity index (χ0n) is 13.3.